The van der Waals surface area contributed by atoms with E-state index in [-0.39, 0.29) is 0 Å². The summed E-state index contributed by atoms with van der Waals surface area (Å²) in [4.78, 5) is 2.65. The van der Waals surface area contributed by atoms with E-state index in [9.17, 15) is 0 Å². The van der Waals surface area contributed by atoms with E-state index in [0.29, 0.717) is 0 Å². The zero-order valence-electron chi connectivity index (χ0n) is 9.96. The second kappa shape index (κ2) is 5.86. The van der Waals surface area contributed by atoms with Gasteiger partial charge in [0.15, 0.2) is 0 Å². The van der Waals surface area contributed by atoms with Gasteiger partial charge in [-0.05, 0) is 44.3 Å². The van der Waals surface area contributed by atoms with Crippen molar-refractivity contribution in [2.45, 2.75) is 44.9 Å². The number of hydrogen-bond donors (Lipinski definition) is 1. The van der Waals surface area contributed by atoms with Crippen LogP contribution < -0.4 is 5.73 Å². The zero-order valence-corrected chi connectivity index (χ0v) is 9.96. The highest BCUT2D eigenvalue weighted by atomic mass is 15.1. The largest absolute Gasteiger partial charge is 0.330 e. The highest BCUT2D eigenvalue weighted by Gasteiger charge is 2.25. The number of rotatable bonds is 4. The third-order valence-corrected chi connectivity index (χ3v) is 4.31. The standard InChI is InChI=1S/C13H26N2/c14-10-13(12-6-2-3-7-12)11-15-8-4-1-5-9-15/h12-13H,1-11,14H2. The Morgan fingerprint density at radius 3 is 2.27 bits per heavy atom. The summed E-state index contributed by atoms with van der Waals surface area (Å²) < 4.78 is 0. The minimum absolute atomic E-state index is 0.783. The van der Waals surface area contributed by atoms with E-state index >= 15 is 0 Å². The van der Waals surface area contributed by atoms with Crippen LogP contribution in [0.2, 0.25) is 0 Å². The highest BCUT2D eigenvalue weighted by Crippen LogP contribution is 2.31. The van der Waals surface area contributed by atoms with Gasteiger partial charge in [-0.2, -0.15) is 0 Å². The van der Waals surface area contributed by atoms with Crippen molar-refractivity contribution in [2.75, 3.05) is 26.2 Å². The Balaban J connectivity index is 1.78. The summed E-state index contributed by atoms with van der Waals surface area (Å²) >= 11 is 0. The van der Waals surface area contributed by atoms with Crippen molar-refractivity contribution in [3.8, 4) is 0 Å². The van der Waals surface area contributed by atoms with Gasteiger partial charge in [-0.3, -0.25) is 0 Å². The Morgan fingerprint density at radius 2 is 1.67 bits per heavy atom. The van der Waals surface area contributed by atoms with E-state index in [0.717, 1.165) is 18.4 Å². The number of nitrogens with zero attached hydrogens (tertiary/aromatic N) is 1. The van der Waals surface area contributed by atoms with Crippen LogP contribution in [0.15, 0.2) is 0 Å². The number of likely N-dealkylation sites (tertiary alicyclic amines) is 1. The van der Waals surface area contributed by atoms with Crippen molar-refractivity contribution in [1.82, 2.24) is 4.90 Å². The van der Waals surface area contributed by atoms with Crippen LogP contribution in [0.4, 0.5) is 0 Å². The molecule has 2 rings (SSSR count). The second-order valence-corrected chi connectivity index (χ2v) is 5.40. The van der Waals surface area contributed by atoms with Gasteiger partial charge < -0.3 is 10.6 Å². The number of hydrogen-bond acceptors (Lipinski definition) is 2. The van der Waals surface area contributed by atoms with E-state index in [1.165, 1.54) is 64.6 Å². The van der Waals surface area contributed by atoms with Crippen LogP contribution in [-0.4, -0.2) is 31.1 Å². The number of nitrogens with two attached hydrogens (primary N) is 1. The molecule has 0 radical (unpaired) electrons. The Kier molecular flexibility index (Phi) is 4.45. The van der Waals surface area contributed by atoms with Crippen molar-refractivity contribution >= 4 is 0 Å². The molecule has 88 valence electrons. The lowest BCUT2D eigenvalue weighted by molar-refractivity contribution is 0.168. The summed E-state index contributed by atoms with van der Waals surface area (Å²) in [5, 5.41) is 0. The topological polar surface area (TPSA) is 29.3 Å². The quantitative estimate of drug-likeness (QED) is 0.771. The van der Waals surface area contributed by atoms with Gasteiger partial charge in [0.1, 0.15) is 0 Å². The molecule has 2 fully saturated rings. The van der Waals surface area contributed by atoms with Crippen molar-refractivity contribution in [2.24, 2.45) is 17.6 Å². The van der Waals surface area contributed by atoms with Crippen LogP contribution >= 0.6 is 0 Å². The van der Waals surface area contributed by atoms with Gasteiger partial charge in [-0.15, -0.1) is 0 Å². The van der Waals surface area contributed by atoms with Crippen LogP contribution in [-0.2, 0) is 0 Å². The van der Waals surface area contributed by atoms with E-state index in [1.54, 1.807) is 0 Å². The first-order valence-corrected chi connectivity index (χ1v) is 6.82. The monoisotopic (exact) mass is 210 g/mol. The average molecular weight is 210 g/mol. The summed E-state index contributed by atoms with van der Waals surface area (Å²) in [5.41, 5.74) is 5.94. The summed E-state index contributed by atoms with van der Waals surface area (Å²) in [6.07, 6.45) is 10.0. The summed E-state index contributed by atoms with van der Waals surface area (Å²) in [5.74, 6) is 1.72. The summed E-state index contributed by atoms with van der Waals surface area (Å²) in [6, 6.07) is 0. The van der Waals surface area contributed by atoms with E-state index < -0.39 is 0 Å². The lowest BCUT2D eigenvalue weighted by Crippen LogP contribution is -2.39. The van der Waals surface area contributed by atoms with Crippen LogP contribution in [0.25, 0.3) is 0 Å². The molecular weight excluding hydrogens is 184 g/mol. The molecule has 0 bridgehead atoms. The van der Waals surface area contributed by atoms with E-state index in [4.69, 9.17) is 5.73 Å². The zero-order chi connectivity index (χ0) is 10.5. The Morgan fingerprint density at radius 1 is 1.00 bits per heavy atom. The predicted molar refractivity (Wildman–Crippen MR) is 64.8 cm³/mol. The van der Waals surface area contributed by atoms with Gasteiger partial charge in [-0.25, -0.2) is 0 Å². The molecule has 0 aromatic carbocycles. The Bertz CT molecular complexity index is 169. The van der Waals surface area contributed by atoms with Gasteiger partial charge in [0.05, 0.1) is 0 Å². The van der Waals surface area contributed by atoms with Crippen LogP contribution in [0.5, 0.6) is 0 Å². The molecule has 15 heavy (non-hydrogen) atoms. The summed E-state index contributed by atoms with van der Waals surface area (Å²) in [6.45, 7) is 4.83. The van der Waals surface area contributed by atoms with Crippen molar-refractivity contribution < 1.29 is 0 Å². The molecule has 1 saturated heterocycles. The van der Waals surface area contributed by atoms with E-state index in [2.05, 4.69) is 4.90 Å². The molecule has 1 aliphatic carbocycles. The van der Waals surface area contributed by atoms with Crippen molar-refractivity contribution in [3.05, 3.63) is 0 Å². The predicted octanol–water partition coefficient (Wildman–Crippen LogP) is 2.24. The first-order valence-electron chi connectivity index (χ1n) is 6.82. The maximum absolute atomic E-state index is 5.94. The molecule has 2 heteroatoms. The lowest BCUT2D eigenvalue weighted by Gasteiger charge is -2.32. The molecule has 0 amide bonds. The Labute approximate surface area is 94.2 Å². The number of piperidine rings is 1. The van der Waals surface area contributed by atoms with Gasteiger partial charge >= 0.3 is 0 Å². The minimum atomic E-state index is 0.783. The average Bonchev–Trinajstić information content (AvgIpc) is 2.81. The molecule has 1 aliphatic heterocycles. The van der Waals surface area contributed by atoms with Crippen molar-refractivity contribution in [1.29, 1.82) is 0 Å². The van der Waals surface area contributed by atoms with Gasteiger partial charge in [0.2, 0.25) is 0 Å². The first-order chi connectivity index (χ1) is 7.40. The maximum atomic E-state index is 5.94. The van der Waals surface area contributed by atoms with Gasteiger partial charge in [0, 0.05) is 6.54 Å². The fourth-order valence-electron chi connectivity index (χ4n) is 3.32. The maximum Gasteiger partial charge on any atom is 0.00244 e. The molecule has 1 heterocycles. The highest BCUT2D eigenvalue weighted by molar-refractivity contribution is 4.79. The third-order valence-electron chi connectivity index (χ3n) is 4.31. The molecule has 1 unspecified atom stereocenters. The smallest absolute Gasteiger partial charge is 0.00244 e. The molecule has 2 aliphatic rings. The second-order valence-electron chi connectivity index (χ2n) is 5.40. The molecular formula is C13H26N2. The van der Waals surface area contributed by atoms with Crippen LogP contribution in [0.1, 0.15) is 44.9 Å². The van der Waals surface area contributed by atoms with E-state index in [1.807, 2.05) is 0 Å². The normalized spacial score (nSPS) is 27.0. The van der Waals surface area contributed by atoms with Gasteiger partial charge in [0.25, 0.3) is 0 Å². The summed E-state index contributed by atoms with van der Waals surface area (Å²) in [7, 11) is 0. The molecule has 1 saturated carbocycles. The fraction of sp³-hybridized carbons (Fsp3) is 1.00. The van der Waals surface area contributed by atoms with Crippen LogP contribution in [0, 0.1) is 11.8 Å². The van der Waals surface area contributed by atoms with Crippen LogP contribution in [0.3, 0.4) is 0 Å². The Hall–Kier alpha value is -0.0800. The molecule has 0 aromatic rings. The third kappa shape index (κ3) is 3.18. The molecule has 0 spiro atoms. The molecule has 2 nitrogen and oxygen atoms in total. The molecule has 2 N–H and O–H groups in total. The first kappa shape index (κ1) is 11.4. The lowest BCUT2D eigenvalue weighted by atomic mass is 9.90. The molecule has 1 atom stereocenters. The molecule has 0 aromatic heterocycles. The SMILES string of the molecule is NCC(CN1CCCCC1)C1CCCC1. The van der Waals surface area contributed by atoms with Crippen molar-refractivity contribution in [3.63, 3.8) is 0 Å². The fourth-order valence-corrected chi connectivity index (χ4v) is 3.32. The minimum Gasteiger partial charge on any atom is -0.330 e. The van der Waals surface area contributed by atoms with Gasteiger partial charge in [-0.1, -0.05) is 32.1 Å².